The largest absolute Gasteiger partial charge is 0.497 e. The van der Waals surface area contributed by atoms with Gasteiger partial charge in [-0.3, -0.25) is 10.0 Å². The Labute approximate surface area is 183 Å². The molecule has 7 nitrogen and oxygen atoms in total. The number of hydroxylamine groups is 1. The van der Waals surface area contributed by atoms with E-state index in [0.717, 1.165) is 37.0 Å². The third kappa shape index (κ3) is 5.08. The quantitative estimate of drug-likeness (QED) is 0.348. The van der Waals surface area contributed by atoms with Crippen LogP contribution in [0.5, 0.6) is 5.75 Å². The second-order valence-electron chi connectivity index (χ2n) is 7.75. The number of hydrogen-bond donors (Lipinski definition) is 2. The van der Waals surface area contributed by atoms with Crippen LogP contribution in [-0.4, -0.2) is 44.6 Å². The molecule has 2 aromatic rings. The number of unbranched alkanes of at least 4 members (excludes halogenated alkanes) is 1. The van der Waals surface area contributed by atoms with Gasteiger partial charge in [0.25, 0.3) is 5.91 Å². The number of hydrogen-bond acceptors (Lipinski definition) is 6. The molecule has 2 N–H and O–H groups in total. The molecule has 0 saturated carbocycles. The summed E-state index contributed by atoms with van der Waals surface area (Å²) in [5.41, 5.74) is 3.83. The summed E-state index contributed by atoms with van der Waals surface area (Å²) in [7, 11) is -2.33. The SMILES string of the molecule is COc1ccc(CCCCc2ccc(S(=O)(=O)C3(C(=O)NO)CCOCC3)cc2)cc1. The minimum absolute atomic E-state index is 0.00877. The molecule has 0 radical (unpaired) electrons. The monoisotopic (exact) mass is 447 g/mol. The normalized spacial score (nSPS) is 15.9. The summed E-state index contributed by atoms with van der Waals surface area (Å²) < 4.78 is 35.2. The van der Waals surface area contributed by atoms with E-state index in [0.29, 0.717) is 0 Å². The van der Waals surface area contributed by atoms with Crippen LogP contribution in [-0.2, 0) is 32.2 Å². The van der Waals surface area contributed by atoms with Crippen molar-refractivity contribution in [3.63, 3.8) is 0 Å². The van der Waals surface area contributed by atoms with Crippen LogP contribution < -0.4 is 10.2 Å². The number of carbonyl (C=O) groups is 1. The lowest BCUT2D eigenvalue weighted by Gasteiger charge is -2.34. The zero-order valence-electron chi connectivity index (χ0n) is 17.7. The second-order valence-corrected chi connectivity index (χ2v) is 10.0. The number of ether oxygens (including phenoxy) is 2. The van der Waals surface area contributed by atoms with E-state index in [4.69, 9.17) is 14.7 Å². The topological polar surface area (TPSA) is 102 Å². The van der Waals surface area contributed by atoms with Crippen molar-refractivity contribution < 1.29 is 27.9 Å². The van der Waals surface area contributed by atoms with Crippen LogP contribution in [0.2, 0.25) is 0 Å². The van der Waals surface area contributed by atoms with Gasteiger partial charge in [0, 0.05) is 13.2 Å². The van der Waals surface area contributed by atoms with Crippen molar-refractivity contribution in [1.82, 2.24) is 5.48 Å². The first-order valence-electron chi connectivity index (χ1n) is 10.4. The van der Waals surface area contributed by atoms with Crippen molar-refractivity contribution in [3.05, 3.63) is 59.7 Å². The molecule has 8 heteroatoms. The maximum absolute atomic E-state index is 13.2. The molecule has 0 unspecified atom stereocenters. The van der Waals surface area contributed by atoms with Gasteiger partial charge in [0.2, 0.25) is 0 Å². The van der Waals surface area contributed by atoms with Crippen LogP contribution in [0.1, 0.15) is 36.8 Å². The summed E-state index contributed by atoms with van der Waals surface area (Å²) in [6.45, 7) is 0.303. The maximum Gasteiger partial charge on any atom is 0.265 e. The smallest absolute Gasteiger partial charge is 0.265 e. The minimum atomic E-state index is -3.98. The Morgan fingerprint density at radius 2 is 1.52 bits per heavy atom. The number of carbonyl (C=O) groups excluding carboxylic acids is 1. The van der Waals surface area contributed by atoms with E-state index in [1.165, 1.54) is 11.0 Å². The lowest BCUT2D eigenvalue weighted by atomic mass is 9.98. The van der Waals surface area contributed by atoms with Gasteiger partial charge in [-0.1, -0.05) is 24.3 Å². The first-order valence-corrected chi connectivity index (χ1v) is 11.9. The van der Waals surface area contributed by atoms with E-state index in [9.17, 15) is 13.2 Å². The fourth-order valence-corrected chi connectivity index (χ4v) is 5.87. The van der Waals surface area contributed by atoms with Gasteiger partial charge in [-0.15, -0.1) is 0 Å². The Hall–Kier alpha value is -2.42. The zero-order valence-corrected chi connectivity index (χ0v) is 18.5. The molecule has 1 heterocycles. The highest BCUT2D eigenvalue weighted by Gasteiger charge is 2.52. The van der Waals surface area contributed by atoms with Crippen molar-refractivity contribution >= 4 is 15.7 Å². The highest BCUT2D eigenvalue weighted by Crippen LogP contribution is 2.35. The molecule has 3 rings (SSSR count). The van der Waals surface area contributed by atoms with Gasteiger partial charge < -0.3 is 9.47 Å². The fourth-order valence-electron chi connectivity index (χ4n) is 3.93. The number of methoxy groups -OCH3 is 1. The lowest BCUT2D eigenvalue weighted by Crippen LogP contribution is -2.54. The van der Waals surface area contributed by atoms with Crippen LogP contribution in [0.15, 0.2) is 53.4 Å². The van der Waals surface area contributed by atoms with Crippen LogP contribution in [0, 0.1) is 0 Å². The summed E-state index contributed by atoms with van der Waals surface area (Å²) >= 11 is 0. The van der Waals surface area contributed by atoms with Crippen LogP contribution in [0.25, 0.3) is 0 Å². The fraction of sp³-hybridized carbons (Fsp3) is 0.435. The second kappa shape index (κ2) is 10.3. The number of amides is 1. The van der Waals surface area contributed by atoms with Crippen molar-refractivity contribution in [2.24, 2.45) is 0 Å². The molecule has 0 bridgehead atoms. The van der Waals surface area contributed by atoms with Crippen LogP contribution in [0.4, 0.5) is 0 Å². The van der Waals surface area contributed by atoms with Crippen LogP contribution >= 0.6 is 0 Å². The van der Waals surface area contributed by atoms with Gasteiger partial charge in [0.15, 0.2) is 14.6 Å². The van der Waals surface area contributed by atoms with Gasteiger partial charge in [0.05, 0.1) is 12.0 Å². The molecule has 0 atom stereocenters. The van der Waals surface area contributed by atoms with E-state index in [1.807, 2.05) is 12.1 Å². The van der Waals surface area contributed by atoms with Crippen molar-refractivity contribution in [1.29, 1.82) is 0 Å². The number of sulfone groups is 1. The minimum Gasteiger partial charge on any atom is -0.497 e. The summed E-state index contributed by atoms with van der Waals surface area (Å²) in [5.74, 6) is -0.0591. The third-order valence-corrected chi connectivity index (χ3v) is 8.42. The van der Waals surface area contributed by atoms with Crippen molar-refractivity contribution in [2.45, 2.75) is 48.2 Å². The molecule has 1 aliphatic rings. The molecule has 1 amide bonds. The Kier molecular flexibility index (Phi) is 7.69. The van der Waals surface area contributed by atoms with E-state index in [2.05, 4.69) is 12.1 Å². The average molecular weight is 448 g/mol. The van der Waals surface area contributed by atoms with E-state index in [1.54, 1.807) is 31.4 Å². The zero-order chi connectivity index (χ0) is 22.3. The average Bonchev–Trinajstić information content (AvgIpc) is 2.82. The standard InChI is InChI=1S/C23H29NO6S/c1-29-20-10-6-18(7-11-20)4-2-3-5-19-8-12-21(13-9-19)31(27,28)23(22(25)24-26)14-16-30-17-15-23/h6-13,26H,2-5,14-17H2,1H3,(H,24,25). The molecule has 0 aromatic heterocycles. The molecule has 31 heavy (non-hydrogen) atoms. The summed E-state index contributed by atoms with van der Waals surface area (Å²) in [5, 5.41) is 9.12. The molecule has 2 aromatic carbocycles. The Morgan fingerprint density at radius 3 is 2.00 bits per heavy atom. The third-order valence-electron chi connectivity index (χ3n) is 5.90. The van der Waals surface area contributed by atoms with Crippen molar-refractivity contribution in [3.8, 4) is 5.75 Å². The number of benzene rings is 2. The predicted molar refractivity (Wildman–Crippen MR) is 116 cm³/mol. The number of nitrogens with one attached hydrogen (secondary N) is 1. The molecular weight excluding hydrogens is 418 g/mol. The highest BCUT2D eigenvalue weighted by molar-refractivity contribution is 7.93. The molecule has 0 aliphatic carbocycles. The van der Waals surface area contributed by atoms with E-state index >= 15 is 0 Å². The number of rotatable bonds is 9. The molecule has 168 valence electrons. The summed E-state index contributed by atoms with van der Waals surface area (Å²) in [4.78, 5) is 12.4. The molecule has 1 aliphatic heterocycles. The van der Waals surface area contributed by atoms with Gasteiger partial charge >= 0.3 is 0 Å². The Balaban J connectivity index is 1.61. The first kappa shape index (κ1) is 23.2. The molecular formula is C23H29NO6S. The van der Waals surface area contributed by atoms with Gasteiger partial charge in [-0.25, -0.2) is 13.9 Å². The van der Waals surface area contributed by atoms with E-state index in [-0.39, 0.29) is 31.0 Å². The summed E-state index contributed by atoms with van der Waals surface area (Å²) in [6.07, 6.45) is 3.83. The predicted octanol–water partition coefficient (Wildman–Crippen LogP) is 3.09. The highest BCUT2D eigenvalue weighted by atomic mass is 32.2. The number of aryl methyl sites for hydroxylation is 2. The van der Waals surface area contributed by atoms with Crippen LogP contribution in [0.3, 0.4) is 0 Å². The molecule has 0 spiro atoms. The Morgan fingerprint density at radius 1 is 1.00 bits per heavy atom. The van der Waals surface area contributed by atoms with Gasteiger partial charge in [-0.2, -0.15) is 0 Å². The van der Waals surface area contributed by atoms with Gasteiger partial charge in [0.1, 0.15) is 5.75 Å². The maximum atomic E-state index is 13.2. The molecule has 1 saturated heterocycles. The van der Waals surface area contributed by atoms with Crippen molar-refractivity contribution in [2.75, 3.05) is 20.3 Å². The van der Waals surface area contributed by atoms with Gasteiger partial charge in [-0.05, 0) is 73.9 Å². The molecule has 1 fully saturated rings. The van der Waals surface area contributed by atoms with E-state index < -0.39 is 20.5 Å². The Bertz CT molecular complexity index is 964. The lowest BCUT2D eigenvalue weighted by molar-refractivity contribution is -0.134. The summed E-state index contributed by atoms with van der Waals surface area (Å²) in [6, 6.07) is 14.7. The first-order chi connectivity index (χ1) is 14.9.